The molecule has 3 rings (SSSR count). The van der Waals surface area contributed by atoms with Gasteiger partial charge in [0.2, 0.25) is 5.91 Å². The highest BCUT2D eigenvalue weighted by atomic mass is 19.4. The first-order valence-electron chi connectivity index (χ1n) is 9.65. The van der Waals surface area contributed by atoms with Gasteiger partial charge in [-0.3, -0.25) is 14.5 Å². The first kappa shape index (κ1) is 21.1. The van der Waals surface area contributed by atoms with E-state index in [0.29, 0.717) is 12.0 Å². The Bertz CT molecular complexity index is 809. The summed E-state index contributed by atoms with van der Waals surface area (Å²) >= 11 is 0. The standard InChI is InChI=1S/C20H24F3N3O3/c1-12-5-3-4-10-19(12)17(28)26(18(29)25-19)11-16(27)24-13(2)14-6-8-15(9-7-14)20(21,22)23/h6-9,12-13H,3-5,10-11H2,1-2H3,(H,24,27)(H,25,29)/t12-,13+,19-/m1/s1. The summed E-state index contributed by atoms with van der Waals surface area (Å²) in [6, 6.07) is 3.32. The maximum Gasteiger partial charge on any atom is 0.416 e. The first-order valence-corrected chi connectivity index (χ1v) is 9.65. The SMILES string of the molecule is C[C@H](NC(=O)CN1C(=O)N[C@@]2(CCCC[C@H]2C)C1=O)c1ccc(C(F)(F)F)cc1. The van der Waals surface area contributed by atoms with Crippen LogP contribution in [0.5, 0.6) is 0 Å². The van der Waals surface area contributed by atoms with Gasteiger partial charge in [-0.2, -0.15) is 13.2 Å². The Kier molecular flexibility index (Phi) is 5.60. The van der Waals surface area contributed by atoms with Crippen LogP contribution >= 0.6 is 0 Å². The van der Waals surface area contributed by atoms with Gasteiger partial charge in [0.1, 0.15) is 12.1 Å². The Morgan fingerprint density at radius 1 is 1.28 bits per heavy atom. The summed E-state index contributed by atoms with van der Waals surface area (Å²) in [7, 11) is 0. The second-order valence-electron chi connectivity index (χ2n) is 7.85. The van der Waals surface area contributed by atoms with Crippen LogP contribution in [0.15, 0.2) is 24.3 Å². The van der Waals surface area contributed by atoms with Crippen LogP contribution < -0.4 is 10.6 Å². The predicted molar refractivity (Wildman–Crippen MR) is 98.6 cm³/mol. The third kappa shape index (κ3) is 4.09. The molecule has 2 fully saturated rings. The summed E-state index contributed by atoms with van der Waals surface area (Å²) in [4.78, 5) is 38.5. The van der Waals surface area contributed by atoms with Gasteiger partial charge in [0.05, 0.1) is 11.6 Å². The number of hydrogen-bond donors (Lipinski definition) is 2. The monoisotopic (exact) mass is 411 g/mol. The lowest BCUT2D eigenvalue weighted by Crippen LogP contribution is -2.54. The van der Waals surface area contributed by atoms with Gasteiger partial charge in [0.25, 0.3) is 5.91 Å². The summed E-state index contributed by atoms with van der Waals surface area (Å²) in [6.45, 7) is 3.12. The third-order valence-corrected chi connectivity index (χ3v) is 5.92. The van der Waals surface area contributed by atoms with E-state index in [1.54, 1.807) is 6.92 Å². The van der Waals surface area contributed by atoms with Crippen molar-refractivity contribution in [2.45, 2.75) is 57.3 Å². The van der Waals surface area contributed by atoms with Gasteiger partial charge in [-0.15, -0.1) is 0 Å². The van der Waals surface area contributed by atoms with Crippen molar-refractivity contribution in [1.82, 2.24) is 15.5 Å². The number of nitrogens with zero attached hydrogens (tertiary/aromatic N) is 1. The van der Waals surface area contributed by atoms with Crippen molar-refractivity contribution in [3.63, 3.8) is 0 Å². The summed E-state index contributed by atoms with van der Waals surface area (Å²) in [6.07, 6.45) is -1.21. The zero-order valence-corrected chi connectivity index (χ0v) is 16.3. The molecule has 1 saturated heterocycles. The molecule has 0 bridgehead atoms. The Morgan fingerprint density at radius 3 is 2.52 bits per heavy atom. The van der Waals surface area contributed by atoms with Crippen LogP contribution in [0, 0.1) is 5.92 Å². The van der Waals surface area contributed by atoms with E-state index in [0.717, 1.165) is 36.3 Å². The van der Waals surface area contributed by atoms with Crippen molar-refractivity contribution < 1.29 is 27.6 Å². The molecule has 1 heterocycles. The number of alkyl halides is 3. The van der Waals surface area contributed by atoms with Crippen LogP contribution in [0.3, 0.4) is 0 Å². The maximum absolute atomic E-state index is 12.9. The lowest BCUT2D eigenvalue weighted by atomic mass is 9.73. The fraction of sp³-hybridized carbons (Fsp3) is 0.550. The highest BCUT2D eigenvalue weighted by molar-refractivity contribution is 6.09. The molecule has 2 N–H and O–H groups in total. The van der Waals surface area contributed by atoms with Crippen LogP contribution in [0.25, 0.3) is 0 Å². The Hall–Kier alpha value is -2.58. The third-order valence-electron chi connectivity index (χ3n) is 5.92. The highest BCUT2D eigenvalue weighted by Gasteiger charge is 2.55. The van der Waals surface area contributed by atoms with Crippen molar-refractivity contribution >= 4 is 17.8 Å². The van der Waals surface area contributed by atoms with E-state index in [4.69, 9.17) is 0 Å². The minimum Gasteiger partial charge on any atom is -0.348 e. The number of urea groups is 1. The fourth-order valence-corrected chi connectivity index (χ4v) is 4.11. The average molecular weight is 411 g/mol. The van der Waals surface area contributed by atoms with E-state index in [1.807, 2.05) is 6.92 Å². The number of carbonyl (C=O) groups excluding carboxylic acids is 3. The molecule has 1 spiro atoms. The van der Waals surface area contributed by atoms with Gasteiger partial charge in [0.15, 0.2) is 0 Å². The first-order chi connectivity index (χ1) is 13.5. The van der Waals surface area contributed by atoms with Gasteiger partial charge in [-0.05, 0) is 43.4 Å². The van der Waals surface area contributed by atoms with E-state index >= 15 is 0 Å². The molecule has 1 aliphatic heterocycles. The molecule has 4 amide bonds. The van der Waals surface area contributed by atoms with Crippen molar-refractivity contribution in [3.8, 4) is 0 Å². The maximum atomic E-state index is 12.9. The lowest BCUT2D eigenvalue weighted by molar-refractivity contribution is -0.137. The van der Waals surface area contributed by atoms with Crippen LogP contribution in [0.4, 0.5) is 18.0 Å². The van der Waals surface area contributed by atoms with Gasteiger partial charge >= 0.3 is 12.2 Å². The predicted octanol–water partition coefficient (Wildman–Crippen LogP) is 3.38. The van der Waals surface area contributed by atoms with Crippen molar-refractivity contribution in [2.75, 3.05) is 6.54 Å². The Morgan fingerprint density at radius 2 is 1.93 bits per heavy atom. The molecule has 0 unspecified atom stereocenters. The molecule has 29 heavy (non-hydrogen) atoms. The highest BCUT2D eigenvalue weighted by Crippen LogP contribution is 2.38. The van der Waals surface area contributed by atoms with Crippen LogP contribution in [0.2, 0.25) is 0 Å². The van der Waals surface area contributed by atoms with E-state index in [1.165, 1.54) is 12.1 Å². The minimum atomic E-state index is -4.43. The molecule has 1 aromatic carbocycles. The Labute approximate surface area is 166 Å². The number of amides is 4. The molecule has 0 aromatic heterocycles. The zero-order valence-electron chi connectivity index (χ0n) is 16.3. The zero-order chi connectivity index (χ0) is 21.4. The van der Waals surface area contributed by atoms with Crippen molar-refractivity contribution in [2.24, 2.45) is 5.92 Å². The van der Waals surface area contributed by atoms with Gasteiger partial charge in [-0.25, -0.2) is 4.79 Å². The Balaban J connectivity index is 1.63. The fourth-order valence-electron chi connectivity index (χ4n) is 4.11. The van der Waals surface area contributed by atoms with E-state index in [2.05, 4.69) is 10.6 Å². The summed E-state index contributed by atoms with van der Waals surface area (Å²) in [5.74, 6) is -0.944. The number of imide groups is 1. The lowest BCUT2D eigenvalue weighted by Gasteiger charge is -2.36. The van der Waals surface area contributed by atoms with E-state index in [9.17, 15) is 27.6 Å². The molecule has 0 radical (unpaired) electrons. The molecule has 9 heteroatoms. The quantitative estimate of drug-likeness (QED) is 0.746. The number of benzene rings is 1. The van der Waals surface area contributed by atoms with Gasteiger partial charge in [-0.1, -0.05) is 31.9 Å². The van der Waals surface area contributed by atoms with Gasteiger partial charge < -0.3 is 10.6 Å². The molecule has 1 aromatic rings. The second kappa shape index (κ2) is 7.68. The van der Waals surface area contributed by atoms with E-state index < -0.39 is 41.8 Å². The molecule has 1 saturated carbocycles. The molecule has 6 nitrogen and oxygen atoms in total. The number of rotatable bonds is 4. The van der Waals surface area contributed by atoms with Crippen LogP contribution in [-0.4, -0.2) is 34.8 Å². The second-order valence-corrected chi connectivity index (χ2v) is 7.85. The van der Waals surface area contributed by atoms with Crippen LogP contribution in [0.1, 0.15) is 56.7 Å². The number of halogens is 3. The molecular weight excluding hydrogens is 387 g/mol. The number of hydrogen-bond acceptors (Lipinski definition) is 3. The number of nitrogens with one attached hydrogen (secondary N) is 2. The minimum absolute atomic E-state index is 0.00756. The van der Waals surface area contributed by atoms with E-state index in [-0.39, 0.29) is 11.8 Å². The topological polar surface area (TPSA) is 78.5 Å². The molecular formula is C20H24F3N3O3. The van der Waals surface area contributed by atoms with Gasteiger partial charge in [0, 0.05) is 0 Å². The smallest absolute Gasteiger partial charge is 0.348 e. The average Bonchev–Trinajstić information content (AvgIpc) is 2.88. The summed E-state index contributed by atoms with van der Waals surface area (Å²) < 4.78 is 38.0. The molecule has 2 aliphatic rings. The summed E-state index contributed by atoms with van der Waals surface area (Å²) in [5.41, 5.74) is -1.22. The van der Waals surface area contributed by atoms with Crippen molar-refractivity contribution in [1.29, 1.82) is 0 Å². The molecule has 1 aliphatic carbocycles. The molecule has 158 valence electrons. The molecule has 3 atom stereocenters. The normalized spacial score (nSPS) is 25.8. The van der Waals surface area contributed by atoms with Crippen molar-refractivity contribution in [3.05, 3.63) is 35.4 Å². The van der Waals surface area contributed by atoms with Crippen LogP contribution in [-0.2, 0) is 15.8 Å². The summed E-state index contributed by atoms with van der Waals surface area (Å²) in [5, 5.41) is 5.41. The number of carbonyl (C=O) groups is 3. The largest absolute Gasteiger partial charge is 0.416 e.